The Kier molecular flexibility index (Phi) is 17.9. The topological polar surface area (TPSA) is 302 Å². The summed E-state index contributed by atoms with van der Waals surface area (Å²) in [6, 6.07) is 36.3. The standard InChI is InChI=1S/C36H39N7O5.C34H37N7O5/c1-23-19-24(20-29-32(23)40-34(45)38-29)21-31(33(44)41-15-10-26(11-16-41)28-9-5-6-14-37-28)48-36(47)42-17-12-27(13-18-42)43-22-30(39-35(43)46)25-7-3-2-4-8-25;1-21-18-22(19-27-29(21)38-31(43)37-27)20-28(30(42)40-14-9-23(10-15-40)25-7-4-5-13-35-25)46-33(45)41-16-11-34(12-17-41)24-6-2-3-8-26(24)36-32(44)39-34/h2-9,14,19-20,22,26-27,31H,10-13,15-18,21H2,1H3,(H,39,46)(H2,38,40,45);2-8,13,18-19,23,28H,9-12,14-17,20H2,1H3,(H2,36,39,44)(H2,37,38,43). The molecule has 5 aromatic heterocycles. The number of rotatable bonds is 12. The number of hydrogen-bond donors (Lipinski definition) is 7. The van der Waals surface area contributed by atoms with Crippen molar-refractivity contribution in [3.8, 4) is 11.3 Å². The Morgan fingerprint density at radius 3 is 1.53 bits per heavy atom. The fourth-order valence-electron chi connectivity index (χ4n) is 14.3. The number of benzene rings is 4. The smallest absolute Gasteiger partial charge is 0.410 e. The van der Waals surface area contributed by atoms with Gasteiger partial charge in [0.2, 0.25) is 0 Å². The van der Waals surface area contributed by atoms with Gasteiger partial charge in [-0.1, -0.05) is 72.8 Å². The van der Waals surface area contributed by atoms with Crippen molar-refractivity contribution in [2.45, 2.75) is 114 Å². The number of nitrogens with one attached hydrogen (secondary N) is 7. The average molecular weight is 1270 g/mol. The number of piperidine rings is 4. The summed E-state index contributed by atoms with van der Waals surface area (Å²) in [6.45, 7) is 7.46. The van der Waals surface area contributed by atoms with E-state index in [-0.39, 0.29) is 65.6 Å². The first-order chi connectivity index (χ1) is 45.6. The number of carbonyl (C=O) groups excluding carboxylic acids is 5. The molecule has 9 aromatic rings. The number of aromatic amines is 5. The van der Waals surface area contributed by atoms with Crippen LogP contribution in [0.15, 0.2) is 148 Å². The molecule has 24 nitrogen and oxygen atoms in total. The van der Waals surface area contributed by atoms with Gasteiger partial charge >= 0.3 is 35.3 Å². The summed E-state index contributed by atoms with van der Waals surface area (Å²) in [6.07, 6.45) is 7.87. The first kappa shape index (κ1) is 62.3. The van der Waals surface area contributed by atoms with Crippen LogP contribution in [0.1, 0.15) is 108 Å². The van der Waals surface area contributed by atoms with Crippen LogP contribution in [-0.4, -0.2) is 154 Å². The summed E-state index contributed by atoms with van der Waals surface area (Å²) >= 11 is 0. The number of amides is 6. The van der Waals surface area contributed by atoms with E-state index in [1.54, 1.807) is 36.6 Å². The molecule has 4 fully saturated rings. The maximum atomic E-state index is 14.0. The zero-order chi connectivity index (χ0) is 65.0. The molecule has 6 amide bonds. The van der Waals surface area contributed by atoms with Gasteiger partial charge in [0.25, 0.3) is 11.8 Å². The van der Waals surface area contributed by atoms with Gasteiger partial charge in [-0.3, -0.25) is 24.1 Å². The molecule has 94 heavy (non-hydrogen) atoms. The van der Waals surface area contributed by atoms with E-state index in [4.69, 9.17) is 9.47 Å². The van der Waals surface area contributed by atoms with Crippen molar-refractivity contribution in [2.24, 2.45) is 0 Å². The van der Waals surface area contributed by atoms with Crippen molar-refractivity contribution in [3.63, 3.8) is 0 Å². The van der Waals surface area contributed by atoms with E-state index in [0.29, 0.717) is 100 Å². The van der Waals surface area contributed by atoms with E-state index in [2.05, 4.69) is 45.5 Å². The lowest BCUT2D eigenvalue weighted by Crippen LogP contribution is -2.58. The van der Waals surface area contributed by atoms with Crippen molar-refractivity contribution in [1.82, 2.24) is 64.4 Å². The number of ether oxygens (including phenoxy) is 2. The second-order valence-electron chi connectivity index (χ2n) is 25.3. The normalized spacial score (nSPS) is 17.6. The predicted octanol–water partition coefficient (Wildman–Crippen LogP) is 8.65. The first-order valence-corrected chi connectivity index (χ1v) is 32.4. The Morgan fingerprint density at radius 2 is 1.02 bits per heavy atom. The number of likely N-dealkylation sites (tertiary alicyclic amines) is 4. The van der Waals surface area contributed by atoms with Crippen molar-refractivity contribution >= 4 is 57.8 Å². The molecule has 14 rings (SSSR count). The Hall–Kier alpha value is -10.5. The summed E-state index contributed by atoms with van der Waals surface area (Å²) in [5, 5.41) is 5.96. The molecule has 2 atom stereocenters. The summed E-state index contributed by atoms with van der Waals surface area (Å²) in [5.74, 6) is 0.0684. The Bertz CT molecular complexity index is 4410. The number of hydrogen-bond acceptors (Lipinski definition) is 12. The van der Waals surface area contributed by atoms with Gasteiger partial charge in [-0.05, 0) is 135 Å². The fourth-order valence-corrected chi connectivity index (χ4v) is 14.3. The van der Waals surface area contributed by atoms with Crippen LogP contribution >= 0.6 is 0 Å². The number of pyridine rings is 2. The summed E-state index contributed by atoms with van der Waals surface area (Å²) in [4.78, 5) is 134. The number of para-hydroxylation sites is 1. The van der Waals surface area contributed by atoms with E-state index in [9.17, 15) is 38.4 Å². The van der Waals surface area contributed by atoms with Gasteiger partial charge in [-0.2, -0.15) is 0 Å². The largest absolute Gasteiger partial charge is 0.436 e. The molecule has 486 valence electrons. The van der Waals surface area contributed by atoms with Crippen molar-refractivity contribution < 1.29 is 33.4 Å². The number of H-pyrrole nitrogens is 5. The number of imidazole rings is 3. The van der Waals surface area contributed by atoms with Crippen LogP contribution in [0.25, 0.3) is 33.3 Å². The lowest BCUT2D eigenvalue weighted by atomic mass is 9.79. The van der Waals surface area contributed by atoms with Crippen molar-refractivity contribution in [1.29, 1.82) is 0 Å². The monoisotopic (exact) mass is 1270 g/mol. The summed E-state index contributed by atoms with van der Waals surface area (Å²) in [5.41, 5.74) is 10.1. The highest BCUT2D eigenvalue weighted by atomic mass is 16.6. The highest BCUT2D eigenvalue weighted by molar-refractivity contribution is 5.94. The fraction of sp³-hybridized carbons (Fsp3) is 0.371. The SMILES string of the molecule is Cc1cc(CC(OC(=O)N2CCC(n3cc(-c4ccccc4)[nH]c3=O)CC2)C(=O)N2CCC(c3ccccn3)CC2)cc2[nH]c(=O)[nH]c12.Cc1cc(CC(OC(=O)N2CCC3(CC2)NC(=O)Nc2ccccc23)C(=O)N2CCC(c3ccccn3)CC2)cc2[nH]c(=O)[nH]c12. The third kappa shape index (κ3) is 13.5. The predicted molar refractivity (Wildman–Crippen MR) is 352 cm³/mol. The quantitative estimate of drug-likeness (QED) is 0.0605. The van der Waals surface area contributed by atoms with Crippen LogP contribution in [0.5, 0.6) is 0 Å². The van der Waals surface area contributed by atoms with E-state index in [0.717, 1.165) is 81.8 Å². The molecule has 4 aromatic carbocycles. The lowest BCUT2D eigenvalue weighted by molar-refractivity contribution is -0.142. The molecule has 5 aliphatic rings. The zero-order valence-electron chi connectivity index (χ0n) is 52.5. The molecule has 2 unspecified atom stereocenters. The van der Waals surface area contributed by atoms with Crippen LogP contribution in [0.2, 0.25) is 0 Å². The van der Waals surface area contributed by atoms with Crippen molar-refractivity contribution in [3.05, 3.63) is 205 Å². The Balaban J connectivity index is 0.000000171. The summed E-state index contributed by atoms with van der Waals surface area (Å²) < 4.78 is 13.8. The third-order valence-corrected chi connectivity index (χ3v) is 19.3. The van der Waals surface area contributed by atoms with Crippen molar-refractivity contribution in [2.75, 3.05) is 57.7 Å². The molecule has 24 heteroatoms. The van der Waals surface area contributed by atoms with Gasteiger partial charge < -0.3 is 64.6 Å². The Morgan fingerprint density at radius 1 is 0.543 bits per heavy atom. The van der Waals surface area contributed by atoms with Gasteiger partial charge in [0.05, 0.1) is 33.3 Å². The number of aryl methyl sites for hydroxylation is 2. The van der Waals surface area contributed by atoms with Gasteiger partial charge in [-0.15, -0.1) is 0 Å². The molecule has 10 heterocycles. The van der Waals surface area contributed by atoms with Gasteiger partial charge in [-0.25, -0.2) is 28.8 Å². The Labute approximate surface area is 540 Å². The molecule has 0 saturated carbocycles. The molecule has 0 radical (unpaired) electrons. The van der Waals surface area contributed by atoms with Crippen LogP contribution in [0, 0.1) is 13.8 Å². The summed E-state index contributed by atoms with van der Waals surface area (Å²) in [7, 11) is 0. The molecule has 7 N–H and O–H groups in total. The molecule has 5 aliphatic heterocycles. The zero-order valence-corrected chi connectivity index (χ0v) is 52.5. The maximum Gasteiger partial charge on any atom is 0.410 e. The first-order valence-electron chi connectivity index (χ1n) is 32.4. The van der Waals surface area contributed by atoms with E-state index >= 15 is 0 Å². The minimum absolute atomic E-state index is 0.0636. The van der Waals surface area contributed by atoms with Gasteiger partial charge in [0.1, 0.15) is 0 Å². The second kappa shape index (κ2) is 27.0. The van der Waals surface area contributed by atoms with Crippen LogP contribution in [-0.2, 0) is 37.4 Å². The lowest BCUT2D eigenvalue weighted by Gasteiger charge is -2.45. The number of fused-ring (bicyclic) bond motifs is 4. The molecule has 0 bridgehead atoms. The van der Waals surface area contributed by atoms with Crippen LogP contribution in [0.3, 0.4) is 0 Å². The minimum atomic E-state index is -1.04. The van der Waals surface area contributed by atoms with E-state index in [1.165, 1.54) is 0 Å². The number of anilines is 1. The molecular weight excluding hydrogens is 1200 g/mol. The third-order valence-electron chi connectivity index (χ3n) is 19.3. The maximum absolute atomic E-state index is 14.0. The highest BCUT2D eigenvalue weighted by Crippen LogP contribution is 2.40. The minimum Gasteiger partial charge on any atom is -0.436 e. The average Bonchev–Trinajstić information content (AvgIpc) is 1.01. The molecule has 4 saturated heterocycles. The number of carbonyl (C=O) groups is 5. The van der Waals surface area contributed by atoms with Gasteiger partial charge in [0.15, 0.2) is 12.2 Å². The van der Waals surface area contributed by atoms with Gasteiger partial charge in [0, 0.05) is 124 Å². The second-order valence-corrected chi connectivity index (χ2v) is 25.3. The van der Waals surface area contributed by atoms with E-state index in [1.807, 2.05) is 135 Å². The van der Waals surface area contributed by atoms with Crippen LogP contribution < -0.4 is 27.7 Å². The highest BCUT2D eigenvalue weighted by Gasteiger charge is 2.44. The number of aromatic nitrogens is 8. The van der Waals surface area contributed by atoms with Crippen LogP contribution in [0.4, 0.5) is 20.1 Å². The molecule has 0 aliphatic carbocycles. The number of urea groups is 1. The molecule has 1 spiro atoms. The van der Waals surface area contributed by atoms with E-state index < -0.39 is 29.9 Å². The number of nitrogens with zero attached hydrogens (tertiary/aromatic N) is 7. The molecular formula is C70H76N14O10.